The SMILES string of the molecule is CC1(C)OB(c2cnn(Cc3ccsc3)c2)OC1(C)C. The average Bonchev–Trinajstić information content (AvgIpc) is 3.02. The van der Waals surface area contributed by atoms with Gasteiger partial charge in [0.05, 0.1) is 17.7 Å². The van der Waals surface area contributed by atoms with Crippen molar-refractivity contribution < 1.29 is 9.31 Å². The summed E-state index contributed by atoms with van der Waals surface area (Å²) in [4.78, 5) is 0. The lowest BCUT2D eigenvalue weighted by Gasteiger charge is -2.32. The fourth-order valence-electron chi connectivity index (χ4n) is 2.14. The van der Waals surface area contributed by atoms with Gasteiger partial charge in [-0.15, -0.1) is 0 Å². The fourth-order valence-corrected chi connectivity index (χ4v) is 2.80. The van der Waals surface area contributed by atoms with Gasteiger partial charge in [-0.05, 0) is 50.1 Å². The van der Waals surface area contributed by atoms with Crippen LogP contribution in [-0.2, 0) is 15.9 Å². The molecule has 0 spiro atoms. The first-order chi connectivity index (χ1) is 9.37. The Hall–Kier alpha value is -1.11. The Bertz CT molecular complexity index is 576. The normalized spacial score (nSPS) is 20.5. The smallest absolute Gasteiger partial charge is 0.399 e. The summed E-state index contributed by atoms with van der Waals surface area (Å²) in [5.41, 5.74) is 1.61. The highest BCUT2D eigenvalue weighted by atomic mass is 32.1. The van der Waals surface area contributed by atoms with Gasteiger partial charge in [0.1, 0.15) is 0 Å². The van der Waals surface area contributed by atoms with Gasteiger partial charge in [-0.25, -0.2) is 0 Å². The van der Waals surface area contributed by atoms with E-state index in [9.17, 15) is 0 Å². The highest BCUT2D eigenvalue weighted by molar-refractivity contribution is 7.07. The monoisotopic (exact) mass is 290 g/mol. The Morgan fingerprint density at radius 3 is 2.55 bits per heavy atom. The van der Waals surface area contributed by atoms with Crippen LogP contribution in [0.2, 0.25) is 0 Å². The van der Waals surface area contributed by atoms with Crippen LogP contribution in [0.3, 0.4) is 0 Å². The third kappa shape index (κ3) is 2.43. The molecule has 2 aromatic heterocycles. The van der Waals surface area contributed by atoms with Gasteiger partial charge < -0.3 is 9.31 Å². The highest BCUT2D eigenvalue weighted by Crippen LogP contribution is 2.36. The van der Waals surface area contributed by atoms with E-state index in [1.807, 2.05) is 17.1 Å². The zero-order valence-electron chi connectivity index (χ0n) is 12.3. The molecule has 1 aliphatic heterocycles. The van der Waals surface area contributed by atoms with E-state index in [0.29, 0.717) is 0 Å². The number of thiophene rings is 1. The van der Waals surface area contributed by atoms with Gasteiger partial charge in [0, 0.05) is 17.9 Å². The summed E-state index contributed by atoms with van der Waals surface area (Å²) < 4.78 is 14.0. The van der Waals surface area contributed by atoms with Gasteiger partial charge >= 0.3 is 7.12 Å². The molecular weight excluding hydrogens is 271 g/mol. The van der Waals surface area contributed by atoms with Gasteiger partial charge in [0.2, 0.25) is 0 Å². The molecule has 0 bridgehead atoms. The minimum Gasteiger partial charge on any atom is -0.399 e. The Morgan fingerprint density at radius 1 is 1.25 bits per heavy atom. The molecule has 1 saturated heterocycles. The Labute approximate surface area is 123 Å². The Morgan fingerprint density at radius 2 is 1.95 bits per heavy atom. The largest absolute Gasteiger partial charge is 0.498 e. The average molecular weight is 290 g/mol. The second-order valence-electron chi connectivity index (χ2n) is 6.19. The minimum atomic E-state index is -0.337. The van der Waals surface area contributed by atoms with Crippen molar-refractivity contribution in [1.82, 2.24) is 9.78 Å². The summed E-state index contributed by atoms with van der Waals surface area (Å²) in [6.45, 7) is 9.01. The molecule has 1 aliphatic rings. The lowest BCUT2D eigenvalue weighted by molar-refractivity contribution is 0.00578. The van der Waals surface area contributed by atoms with E-state index < -0.39 is 0 Å². The molecule has 4 nitrogen and oxygen atoms in total. The third-order valence-corrected chi connectivity index (χ3v) is 4.84. The van der Waals surface area contributed by atoms with Crippen molar-refractivity contribution >= 4 is 23.9 Å². The molecular formula is C14H19BN2O2S. The number of hydrogen-bond acceptors (Lipinski definition) is 4. The maximum Gasteiger partial charge on any atom is 0.498 e. The zero-order chi connectivity index (χ0) is 14.4. The zero-order valence-corrected chi connectivity index (χ0v) is 13.1. The topological polar surface area (TPSA) is 36.3 Å². The van der Waals surface area contributed by atoms with Crippen LogP contribution in [-0.4, -0.2) is 28.1 Å². The number of rotatable bonds is 3. The molecule has 3 heterocycles. The predicted octanol–water partition coefficient (Wildman–Crippen LogP) is 2.29. The summed E-state index contributed by atoms with van der Waals surface area (Å²) in [5, 5.41) is 8.60. The number of hydrogen-bond donors (Lipinski definition) is 0. The molecule has 0 radical (unpaired) electrons. The molecule has 0 amide bonds. The first-order valence-corrected chi connectivity index (χ1v) is 7.71. The van der Waals surface area contributed by atoms with Crippen molar-refractivity contribution in [1.29, 1.82) is 0 Å². The standard InChI is InChI=1S/C14H19BN2O2S/c1-13(2)14(3,4)19-15(18-13)12-7-16-17(9-12)8-11-5-6-20-10-11/h5-7,9-10H,8H2,1-4H3. The van der Waals surface area contributed by atoms with Crippen molar-refractivity contribution in [3.8, 4) is 0 Å². The van der Waals surface area contributed by atoms with Crippen LogP contribution < -0.4 is 5.46 Å². The molecule has 3 rings (SSSR count). The molecule has 0 saturated carbocycles. The maximum absolute atomic E-state index is 6.03. The van der Waals surface area contributed by atoms with E-state index in [1.54, 1.807) is 11.3 Å². The summed E-state index contributed by atoms with van der Waals surface area (Å²) >= 11 is 1.70. The second kappa shape index (κ2) is 4.72. The minimum absolute atomic E-state index is 0.312. The van der Waals surface area contributed by atoms with Crippen LogP contribution in [0.4, 0.5) is 0 Å². The van der Waals surface area contributed by atoms with Gasteiger partial charge in [-0.1, -0.05) is 0 Å². The quantitative estimate of drug-likeness (QED) is 0.814. The van der Waals surface area contributed by atoms with Gasteiger partial charge in [-0.2, -0.15) is 16.4 Å². The first kappa shape index (κ1) is 13.9. The van der Waals surface area contributed by atoms with Crippen molar-refractivity contribution in [2.75, 3.05) is 0 Å². The van der Waals surface area contributed by atoms with Crippen molar-refractivity contribution in [3.63, 3.8) is 0 Å². The lowest BCUT2D eigenvalue weighted by atomic mass is 9.82. The molecule has 0 aliphatic carbocycles. The van der Waals surface area contributed by atoms with E-state index in [4.69, 9.17) is 9.31 Å². The summed E-state index contributed by atoms with van der Waals surface area (Å²) in [6, 6.07) is 2.11. The summed E-state index contributed by atoms with van der Waals surface area (Å²) in [5.74, 6) is 0. The third-order valence-electron chi connectivity index (χ3n) is 4.10. The number of aromatic nitrogens is 2. The van der Waals surface area contributed by atoms with Crippen LogP contribution in [0.1, 0.15) is 33.3 Å². The van der Waals surface area contributed by atoms with Gasteiger partial charge in [0.15, 0.2) is 0 Å². The van der Waals surface area contributed by atoms with Gasteiger partial charge in [-0.3, -0.25) is 4.68 Å². The number of nitrogens with zero attached hydrogens (tertiary/aromatic N) is 2. The van der Waals surface area contributed by atoms with E-state index >= 15 is 0 Å². The van der Waals surface area contributed by atoms with Crippen LogP contribution in [0.25, 0.3) is 0 Å². The Kier molecular flexibility index (Phi) is 3.27. The van der Waals surface area contributed by atoms with Crippen molar-refractivity contribution in [2.45, 2.75) is 45.4 Å². The van der Waals surface area contributed by atoms with E-state index in [-0.39, 0.29) is 18.3 Å². The van der Waals surface area contributed by atoms with Crippen molar-refractivity contribution in [2.24, 2.45) is 0 Å². The molecule has 0 N–H and O–H groups in total. The molecule has 1 fully saturated rings. The summed E-state index contributed by atoms with van der Waals surface area (Å²) in [7, 11) is -0.337. The van der Waals surface area contributed by atoms with E-state index in [1.165, 1.54) is 5.56 Å². The molecule has 0 aromatic carbocycles. The fraction of sp³-hybridized carbons (Fsp3) is 0.500. The molecule has 6 heteroatoms. The van der Waals surface area contributed by atoms with Crippen molar-refractivity contribution in [3.05, 3.63) is 34.8 Å². The van der Waals surface area contributed by atoms with Gasteiger partial charge in [0.25, 0.3) is 0 Å². The first-order valence-electron chi connectivity index (χ1n) is 6.76. The molecule has 0 unspecified atom stereocenters. The van der Waals surface area contributed by atoms with E-state index in [2.05, 4.69) is 49.6 Å². The second-order valence-corrected chi connectivity index (χ2v) is 6.97. The Balaban J connectivity index is 1.75. The predicted molar refractivity (Wildman–Crippen MR) is 81.4 cm³/mol. The lowest BCUT2D eigenvalue weighted by Crippen LogP contribution is -2.41. The maximum atomic E-state index is 6.03. The highest BCUT2D eigenvalue weighted by Gasteiger charge is 2.52. The van der Waals surface area contributed by atoms with Crippen LogP contribution in [0.15, 0.2) is 29.2 Å². The van der Waals surface area contributed by atoms with E-state index in [0.717, 1.165) is 12.0 Å². The molecule has 2 aromatic rings. The molecule has 20 heavy (non-hydrogen) atoms. The molecule has 106 valence electrons. The van der Waals surface area contributed by atoms with Crippen LogP contribution in [0.5, 0.6) is 0 Å². The van der Waals surface area contributed by atoms with Crippen LogP contribution in [0, 0.1) is 0 Å². The van der Waals surface area contributed by atoms with Crippen LogP contribution >= 0.6 is 11.3 Å². The molecule has 0 atom stereocenters. The summed E-state index contributed by atoms with van der Waals surface area (Å²) in [6.07, 6.45) is 3.83.